The second-order valence-electron chi connectivity index (χ2n) is 33.5. The standard InChI is InChI=1S/C89H133N23O18S/c1-8-10-26-70-82(122)101-61(25-18-36-91)78(118)107-69(77(117)98-47-74(95)114)49-131-50-75(115)99-66(40-52-29-31-56(130-7)32-30-52)85(125)108(4)51(3)76(116)102-64(34-38-93)87(127)111-39-19-28-71(111)83(123)106-68(44-94)81(121)103-63(24-16-17-35-90)88(128)112-48-55(113)43-73(112)84(124)104-65(41-53-45-96-59-22-14-12-20-57(53)59)80(120)100-62(33-37-92)79(119)105-67(42-54-46-97-60-23-15-13-21-58(54)60)86(126)110(6)72(27-11-9-2)89(129)109(70)5/h12-15,20-23,29-32,45-46,51,55,61-73,96-97,113H,8-11,16-19,24-28,33-44,47-50,90-94H2,1-7H3,(H2,95,114)(H,98,117)(H,99,115)(H,100,120)(H,101,122)(H,102,116)(H,103,121)(H,104,124)(H,105,119)(H,106,123)(H,107,118)/t51-,55+,61-,62-,63-,64-,65-,66-,67-,68-,69-,70-,71-,72-,73-/m0/s1. The summed E-state index contributed by atoms with van der Waals surface area (Å²) in [4.78, 5) is 249. The summed E-state index contributed by atoms with van der Waals surface area (Å²) in [5.74, 6) is -13.9. The molecule has 0 bridgehead atoms. The Balaban J connectivity index is 1.18. The molecule has 3 saturated heterocycles. The second-order valence-corrected chi connectivity index (χ2v) is 34.5. The summed E-state index contributed by atoms with van der Waals surface area (Å²) in [5.41, 5.74) is 39.0. The van der Waals surface area contributed by atoms with Gasteiger partial charge in [0.2, 0.25) is 94.5 Å². The molecule has 3 fully saturated rings. The van der Waals surface area contributed by atoms with E-state index >= 15 is 33.6 Å². The van der Waals surface area contributed by atoms with E-state index in [4.69, 9.17) is 39.1 Å². The number of likely N-dealkylation sites (N-methyl/N-ethyl adjacent to an activating group) is 3. The summed E-state index contributed by atoms with van der Waals surface area (Å²) in [6.45, 7) is 3.32. The smallest absolute Gasteiger partial charge is 0.245 e. The van der Waals surface area contributed by atoms with E-state index in [1.54, 1.807) is 73.1 Å². The molecule has 718 valence electrons. The van der Waals surface area contributed by atoms with Gasteiger partial charge in [-0.1, -0.05) is 88.1 Å². The highest BCUT2D eigenvalue weighted by Crippen LogP contribution is 2.28. The number of benzene rings is 3. The minimum absolute atomic E-state index is 0.00559. The average molecular weight is 1850 g/mol. The van der Waals surface area contributed by atoms with Crippen molar-refractivity contribution in [1.82, 2.24) is 87.6 Å². The number of rotatable bonds is 28. The van der Waals surface area contributed by atoms with Crippen LogP contribution in [0, 0.1) is 0 Å². The largest absolute Gasteiger partial charge is 0.497 e. The molecule has 5 aromatic rings. The number of aliphatic hydroxyl groups excluding tert-OH is 1. The Labute approximate surface area is 766 Å². The van der Waals surface area contributed by atoms with Gasteiger partial charge in [-0.25, -0.2) is 0 Å². The van der Waals surface area contributed by atoms with Crippen molar-refractivity contribution in [2.45, 2.75) is 233 Å². The maximum atomic E-state index is 15.8. The molecule has 3 aliphatic heterocycles. The summed E-state index contributed by atoms with van der Waals surface area (Å²) in [6, 6.07) is 0.812. The van der Waals surface area contributed by atoms with E-state index in [1.165, 1.54) is 49.9 Å². The number of carbonyl (C=O) groups is 16. The number of carbonyl (C=O) groups excluding carboxylic acids is 16. The normalized spacial score (nSPS) is 25.2. The number of aliphatic hydroxyl groups is 1. The van der Waals surface area contributed by atoms with Gasteiger partial charge in [-0.15, -0.1) is 11.8 Å². The molecule has 5 heterocycles. The number of amides is 16. The van der Waals surface area contributed by atoms with Crippen LogP contribution in [0.25, 0.3) is 21.8 Å². The quantitative estimate of drug-likeness (QED) is 0.0219. The molecule has 131 heavy (non-hydrogen) atoms. The van der Waals surface area contributed by atoms with Gasteiger partial charge in [0.15, 0.2) is 0 Å². The molecule has 42 heteroatoms. The number of aromatic amines is 2. The topological polar surface area (TPSA) is 627 Å². The van der Waals surface area contributed by atoms with Crippen molar-refractivity contribution in [3.63, 3.8) is 0 Å². The maximum Gasteiger partial charge on any atom is 0.245 e. The van der Waals surface area contributed by atoms with E-state index < -0.39 is 211 Å². The molecule has 0 spiro atoms. The van der Waals surface area contributed by atoms with Gasteiger partial charge in [0.05, 0.1) is 25.5 Å². The van der Waals surface area contributed by atoms with Gasteiger partial charge in [0.1, 0.15) is 90.3 Å². The maximum absolute atomic E-state index is 15.8. The fourth-order valence-corrected chi connectivity index (χ4v) is 17.3. The molecule has 0 aliphatic carbocycles. The van der Waals surface area contributed by atoms with Crippen molar-refractivity contribution in [3.05, 3.63) is 102 Å². The van der Waals surface area contributed by atoms with E-state index in [-0.39, 0.29) is 128 Å². The van der Waals surface area contributed by atoms with E-state index in [0.29, 0.717) is 76.3 Å². The van der Waals surface area contributed by atoms with Crippen LogP contribution in [0.3, 0.4) is 0 Å². The number of H-pyrrole nitrogens is 2. The highest BCUT2D eigenvalue weighted by molar-refractivity contribution is 8.00. The number of thioether (sulfide) groups is 1. The number of nitrogens with zero attached hydrogens (tertiary/aromatic N) is 5. The predicted molar refractivity (Wildman–Crippen MR) is 490 cm³/mol. The molecule has 16 amide bonds. The van der Waals surface area contributed by atoms with Crippen LogP contribution in [-0.2, 0) is 96.0 Å². The number of primary amides is 1. The van der Waals surface area contributed by atoms with Gasteiger partial charge in [0.25, 0.3) is 0 Å². The Bertz CT molecular complexity index is 4770. The van der Waals surface area contributed by atoms with E-state index in [9.17, 15) is 48.3 Å². The molecular formula is C89H133N23O18S. The monoisotopic (exact) mass is 1840 g/mol. The van der Waals surface area contributed by atoms with Crippen molar-refractivity contribution in [2.24, 2.45) is 34.4 Å². The molecule has 3 aromatic carbocycles. The number of fused-ring (bicyclic) bond motifs is 4. The highest BCUT2D eigenvalue weighted by Gasteiger charge is 2.46. The summed E-state index contributed by atoms with van der Waals surface area (Å²) < 4.78 is 5.36. The third kappa shape index (κ3) is 29.1. The molecule has 2 aromatic heterocycles. The molecule has 0 unspecified atom stereocenters. The third-order valence-corrected chi connectivity index (χ3v) is 25.1. The minimum Gasteiger partial charge on any atom is -0.497 e. The van der Waals surface area contributed by atoms with Gasteiger partial charge in [-0.05, 0) is 145 Å². The second kappa shape index (κ2) is 51.7. The molecular weight excluding hydrogens is 1710 g/mol. The fraction of sp³-hybridized carbons (Fsp3) is 0.573. The highest BCUT2D eigenvalue weighted by atomic mass is 32.2. The molecule has 0 radical (unpaired) electrons. The average Bonchev–Trinajstić information content (AvgIpc) is 1.72. The summed E-state index contributed by atoms with van der Waals surface area (Å²) in [6.07, 6.45) is 3.49. The number of nitrogens with one attached hydrogen (secondary N) is 12. The number of nitrogens with two attached hydrogens (primary N) is 6. The number of unbranched alkanes of at least 4 members (excludes halogenated alkanes) is 3. The summed E-state index contributed by atoms with van der Waals surface area (Å²) >= 11 is 0.831. The Kier molecular flexibility index (Phi) is 41.2. The fourth-order valence-electron chi connectivity index (χ4n) is 16.4. The van der Waals surface area contributed by atoms with Crippen molar-refractivity contribution in [2.75, 3.05) is 92.1 Å². The van der Waals surface area contributed by atoms with Crippen LogP contribution in [0.15, 0.2) is 85.2 Å². The zero-order valence-corrected chi connectivity index (χ0v) is 76.6. The first-order valence-electron chi connectivity index (χ1n) is 44.9. The van der Waals surface area contributed by atoms with Crippen LogP contribution in [0.2, 0.25) is 0 Å². The van der Waals surface area contributed by atoms with Crippen LogP contribution < -0.4 is 92.3 Å². The van der Waals surface area contributed by atoms with Crippen LogP contribution in [0.5, 0.6) is 5.75 Å². The summed E-state index contributed by atoms with van der Waals surface area (Å²) in [5, 5.41) is 39.9. The van der Waals surface area contributed by atoms with Crippen LogP contribution >= 0.6 is 11.8 Å². The Hall–Kier alpha value is -11.8. The number of methoxy groups -OCH3 is 1. The van der Waals surface area contributed by atoms with Crippen LogP contribution in [0.4, 0.5) is 0 Å². The number of ether oxygens (including phenoxy) is 1. The molecule has 8 rings (SSSR count). The minimum atomic E-state index is -1.56. The zero-order valence-electron chi connectivity index (χ0n) is 75.7. The van der Waals surface area contributed by atoms with Crippen molar-refractivity contribution < 1.29 is 86.6 Å². The van der Waals surface area contributed by atoms with E-state index in [0.717, 1.165) is 21.6 Å². The third-order valence-electron chi connectivity index (χ3n) is 24.1. The molecule has 0 saturated carbocycles. The lowest BCUT2D eigenvalue weighted by Crippen LogP contribution is -2.61. The van der Waals surface area contributed by atoms with Crippen LogP contribution in [-0.4, -0.2) is 317 Å². The van der Waals surface area contributed by atoms with Gasteiger partial charge < -0.3 is 132 Å². The predicted octanol–water partition coefficient (Wildman–Crippen LogP) is -3.24. The number of hydrogen-bond donors (Lipinski definition) is 19. The Morgan fingerprint density at radius 1 is 0.489 bits per heavy atom. The van der Waals surface area contributed by atoms with E-state index in [1.807, 2.05) is 26.0 Å². The van der Waals surface area contributed by atoms with Gasteiger partial charge >= 0.3 is 0 Å². The first-order valence-corrected chi connectivity index (χ1v) is 46.1. The number of para-hydroxylation sites is 2. The van der Waals surface area contributed by atoms with Crippen LogP contribution in [0.1, 0.15) is 140 Å². The SMILES string of the molecule is CCCC[C@H]1C(=O)N(C)[C@@H](CCCC)C(=O)N[C@@H](CCCN)C(=O)N[C@H](C(=O)NCC(N)=O)CSCC(=O)N[C@@H](Cc2ccc(OC)cc2)C(=O)N(C)[C@@H](C)C(=O)N[C@@H](CCN)C(=O)N2CCC[C@H]2C(=O)N[C@@H](CN)C(=O)N[C@@H](CCCCN)C(=O)N2C[C@H](O)C[C@H]2C(=O)N[C@@H](Cc2c[nH]c3ccccc23)C(=O)N[C@@H](CCN)C(=O)N[C@@H](Cc2c[nH]c3ccccc23)C(=O)N1C. The number of aromatic nitrogens is 2. The summed E-state index contributed by atoms with van der Waals surface area (Å²) in [7, 11) is 5.55. The zero-order chi connectivity index (χ0) is 95.7. The lowest BCUT2D eigenvalue weighted by atomic mass is 9.99. The molecule has 25 N–H and O–H groups in total. The Morgan fingerprint density at radius 2 is 0.985 bits per heavy atom. The van der Waals surface area contributed by atoms with Crippen molar-refractivity contribution in [1.29, 1.82) is 0 Å². The molecule has 15 atom stereocenters. The first-order chi connectivity index (χ1) is 62.7. The number of hydrogen-bond acceptors (Lipinski definition) is 24. The van der Waals surface area contributed by atoms with Gasteiger partial charge in [0, 0.05) is 106 Å². The van der Waals surface area contributed by atoms with Crippen molar-refractivity contribution >= 4 is 128 Å². The lowest BCUT2D eigenvalue weighted by Gasteiger charge is -2.36. The Morgan fingerprint density at radius 3 is 1.60 bits per heavy atom. The first kappa shape index (κ1) is 105. The molecule has 3 aliphatic rings. The van der Waals surface area contributed by atoms with E-state index in [2.05, 4.69) is 63.1 Å². The lowest BCUT2D eigenvalue weighted by molar-refractivity contribution is -0.149. The van der Waals surface area contributed by atoms with Gasteiger partial charge in [-0.3, -0.25) is 76.7 Å². The molecule has 41 nitrogen and oxygen atoms in total. The van der Waals surface area contributed by atoms with Crippen molar-refractivity contribution in [3.8, 4) is 5.75 Å². The van der Waals surface area contributed by atoms with Gasteiger partial charge in [-0.2, -0.15) is 0 Å².